The number of anilines is 2. The maximum Gasteiger partial charge on any atom is 0.417 e. The Morgan fingerprint density at radius 2 is 1.49 bits per heavy atom. The molecule has 1 unspecified atom stereocenters. The minimum atomic E-state index is -4.48. The summed E-state index contributed by atoms with van der Waals surface area (Å²) in [5.74, 6) is 0. The van der Waals surface area contributed by atoms with Gasteiger partial charge in [-0.25, -0.2) is 4.98 Å². The van der Waals surface area contributed by atoms with Crippen molar-refractivity contribution in [1.29, 1.82) is 0 Å². The first-order valence-electron chi connectivity index (χ1n) is 11.7. The highest BCUT2D eigenvalue weighted by atomic mass is 19.4. The summed E-state index contributed by atoms with van der Waals surface area (Å²) >= 11 is 0. The number of para-hydroxylation sites is 1. The van der Waals surface area contributed by atoms with Crippen molar-refractivity contribution in [2.75, 3.05) is 17.2 Å². The Hall–Kier alpha value is -3.80. The second-order valence-corrected chi connectivity index (χ2v) is 8.42. The third-order valence-electron chi connectivity index (χ3n) is 5.78. The zero-order chi connectivity index (χ0) is 24.8. The molecule has 4 aromatic rings. The highest BCUT2D eigenvalue weighted by Gasteiger charge is 2.33. The van der Waals surface area contributed by atoms with E-state index in [0.29, 0.717) is 11.4 Å². The van der Waals surface area contributed by atoms with E-state index in [1.165, 1.54) is 12.1 Å². The van der Waals surface area contributed by atoms with Gasteiger partial charge in [0.15, 0.2) is 0 Å². The van der Waals surface area contributed by atoms with Gasteiger partial charge >= 0.3 is 6.18 Å². The van der Waals surface area contributed by atoms with Crippen molar-refractivity contribution in [3.63, 3.8) is 0 Å². The minimum absolute atomic E-state index is 0.0542. The number of pyridine rings is 1. The normalized spacial score (nSPS) is 12.3. The van der Waals surface area contributed by atoms with Gasteiger partial charge in [-0.05, 0) is 43.2 Å². The van der Waals surface area contributed by atoms with Crippen molar-refractivity contribution in [3.8, 4) is 22.5 Å². The highest BCUT2D eigenvalue weighted by Crippen LogP contribution is 2.38. The number of nitrogens with zero attached hydrogens (tertiary/aromatic N) is 1. The molecular formula is C29H28F3N3. The molecule has 180 valence electrons. The Balaban J connectivity index is 1.78. The molecule has 1 aromatic heterocycles. The van der Waals surface area contributed by atoms with Crippen LogP contribution < -0.4 is 10.6 Å². The predicted octanol–water partition coefficient (Wildman–Crippen LogP) is 8.43. The molecule has 0 saturated carbocycles. The number of benzene rings is 3. The van der Waals surface area contributed by atoms with Crippen LogP contribution in [-0.2, 0) is 6.18 Å². The van der Waals surface area contributed by atoms with Gasteiger partial charge in [0, 0.05) is 29.0 Å². The fraction of sp³-hybridized carbons (Fsp3) is 0.207. The Morgan fingerprint density at radius 1 is 0.829 bits per heavy atom. The van der Waals surface area contributed by atoms with Gasteiger partial charge in [0.2, 0.25) is 0 Å². The maximum atomic E-state index is 13.8. The summed E-state index contributed by atoms with van der Waals surface area (Å²) in [5, 5.41) is 6.94. The number of aromatic nitrogens is 1. The molecule has 0 radical (unpaired) electrons. The smallest absolute Gasteiger partial charge is 0.385 e. The first kappa shape index (κ1) is 24.3. The molecular weight excluding hydrogens is 447 g/mol. The molecule has 2 N–H and O–H groups in total. The lowest BCUT2D eigenvalue weighted by Crippen LogP contribution is -2.12. The van der Waals surface area contributed by atoms with Crippen LogP contribution in [-0.4, -0.2) is 11.5 Å². The van der Waals surface area contributed by atoms with Gasteiger partial charge in [-0.15, -0.1) is 0 Å². The van der Waals surface area contributed by atoms with Crippen molar-refractivity contribution in [1.82, 2.24) is 4.98 Å². The Labute approximate surface area is 204 Å². The molecule has 0 aliphatic rings. The molecule has 0 aliphatic heterocycles. The average Bonchev–Trinajstić information content (AvgIpc) is 2.87. The summed E-state index contributed by atoms with van der Waals surface area (Å²) in [5.41, 5.74) is 3.87. The third-order valence-corrected chi connectivity index (χ3v) is 5.78. The molecule has 4 rings (SSSR count). The summed E-state index contributed by atoms with van der Waals surface area (Å²) in [6.07, 6.45) is -3.48. The number of rotatable bonds is 8. The van der Waals surface area contributed by atoms with E-state index in [1.54, 1.807) is 12.1 Å². The Morgan fingerprint density at radius 3 is 2.23 bits per heavy atom. The van der Waals surface area contributed by atoms with Gasteiger partial charge in [0.1, 0.15) is 0 Å². The maximum absolute atomic E-state index is 13.8. The fourth-order valence-electron chi connectivity index (χ4n) is 4.09. The van der Waals surface area contributed by atoms with E-state index in [4.69, 9.17) is 0 Å². The lowest BCUT2D eigenvalue weighted by Gasteiger charge is -2.21. The van der Waals surface area contributed by atoms with Gasteiger partial charge in [-0.2, -0.15) is 13.2 Å². The van der Waals surface area contributed by atoms with Gasteiger partial charge < -0.3 is 10.6 Å². The predicted molar refractivity (Wildman–Crippen MR) is 137 cm³/mol. The van der Waals surface area contributed by atoms with Crippen LogP contribution in [0, 0.1) is 0 Å². The van der Waals surface area contributed by atoms with Gasteiger partial charge in [0.05, 0.1) is 23.0 Å². The van der Waals surface area contributed by atoms with E-state index in [0.717, 1.165) is 35.8 Å². The lowest BCUT2D eigenvalue weighted by atomic mass is 10.0. The molecule has 3 aromatic carbocycles. The van der Waals surface area contributed by atoms with E-state index in [-0.39, 0.29) is 17.3 Å². The van der Waals surface area contributed by atoms with Crippen LogP contribution in [0.5, 0.6) is 0 Å². The second-order valence-electron chi connectivity index (χ2n) is 8.42. The number of hydrogen-bond donors (Lipinski definition) is 2. The average molecular weight is 476 g/mol. The highest BCUT2D eigenvalue weighted by molar-refractivity contribution is 5.74. The molecule has 0 bridgehead atoms. The number of nitrogens with one attached hydrogen (secondary N) is 2. The molecule has 0 amide bonds. The molecule has 0 fully saturated rings. The SMILES string of the molecule is CCCNc1ccccc1C(C)Nc1cc(-c2ccccc2)nc(-c2ccccc2C(F)(F)F)c1. The quantitative estimate of drug-likeness (QED) is 0.268. The Bertz CT molecular complexity index is 1270. The summed E-state index contributed by atoms with van der Waals surface area (Å²) in [6.45, 7) is 5.01. The Kier molecular flexibility index (Phi) is 7.39. The minimum Gasteiger partial charge on any atom is -0.385 e. The van der Waals surface area contributed by atoms with Gasteiger partial charge in [-0.3, -0.25) is 0 Å². The molecule has 1 heterocycles. The van der Waals surface area contributed by atoms with E-state index in [9.17, 15) is 13.2 Å². The number of alkyl halides is 3. The zero-order valence-corrected chi connectivity index (χ0v) is 19.7. The first-order valence-corrected chi connectivity index (χ1v) is 11.7. The van der Waals surface area contributed by atoms with Gasteiger partial charge in [0.25, 0.3) is 0 Å². The summed E-state index contributed by atoms with van der Waals surface area (Å²) in [4.78, 5) is 4.63. The van der Waals surface area contributed by atoms with Crippen LogP contribution in [0.3, 0.4) is 0 Å². The lowest BCUT2D eigenvalue weighted by molar-refractivity contribution is -0.137. The molecule has 3 nitrogen and oxygen atoms in total. The molecule has 0 spiro atoms. The van der Waals surface area contributed by atoms with Crippen molar-refractivity contribution in [3.05, 3.63) is 102 Å². The largest absolute Gasteiger partial charge is 0.417 e. The molecule has 0 saturated heterocycles. The van der Waals surface area contributed by atoms with Crippen LogP contribution in [0.25, 0.3) is 22.5 Å². The van der Waals surface area contributed by atoms with E-state index in [1.807, 2.05) is 61.5 Å². The van der Waals surface area contributed by atoms with Crippen LogP contribution in [0.15, 0.2) is 91.0 Å². The number of hydrogen-bond acceptors (Lipinski definition) is 3. The monoisotopic (exact) mass is 475 g/mol. The second kappa shape index (κ2) is 10.6. The van der Waals surface area contributed by atoms with Crippen molar-refractivity contribution >= 4 is 11.4 Å². The number of halogens is 3. The van der Waals surface area contributed by atoms with E-state index >= 15 is 0 Å². The molecule has 6 heteroatoms. The summed E-state index contributed by atoms with van der Waals surface area (Å²) in [7, 11) is 0. The third kappa shape index (κ3) is 5.83. The molecule has 0 aliphatic carbocycles. The summed E-state index contributed by atoms with van der Waals surface area (Å²) < 4.78 is 41.4. The summed E-state index contributed by atoms with van der Waals surface area (Å²) in [6, 6.07) is 26.6. The zero-order valence-electron chi connectivity index (χ0n) is 19.7. The van der Waals surface area contributed by atoms with E-state index in [2.05, 4.69) is 28.6 Å². The topological polar surface area (TPSA) is 37.0 Å². The fourth-order valence-corrected chi connectivity index (χ4v) is 4.09. The van der Waals surface area contributed by atoms with Crippen molar-refractivity contribution in [2.24, 2.45) is 0 Å². The van der Waals surface area contributed by atoms with Crippen molar-refractivity contribution in [2.45, 2.75) is 32.5 Å². The van der Waals surface area contributed by atoms with E-state index < -0.39 is 11.7 Å². The van der Waals surface area contributed by atoms with Crippen LogP contribution in [0.1, 0.15) is 37.4 Å². The van der Waals surface area contributed by atoms with Crippen LogP contribution in [0.4, 0.5) is 24.5 Å². The van der Waals surface area contributed by atoms with Crippen molar-refractivity contribution < 1.29 is 13.2 Å². The molecule has 1 atom stereocenters. The van der Waals surface area contributed by atoms with Crippen LogP contribution >= 0.6 is 0 Å². The van der Waals surface area contributed by atoms with Crippen LogP contribution in [0.2, 0.25) is 0 Å². The first-order chi connectivity index (χ1) is 16.9. The molecule has 35 heavy (non-hydrogen) atoms. The van der Waals surface area contributed by atoms with Gasteiger partial charge in [-0.1, -0.05) is 73.7 Å². The standard InChI is InChI=1S/C29H28F3N3/c1-3-17-33-26-16-10-8-13-23(26)20(2)34-22-18-27(21-11-5-4-6-12-21)35-28(19-22)24-14-7-9-15-25(24)29(30,31)32/h4-16,18-20,33H,3,17H2,1-2H3,(H,34,35).